The van der Waals surface area contributed by atoms with E-state index in [9.17, 15) is 18.0 Å². The summed E-state index contributed by atoms with van der Waals surface area (Å²) in [6.07, 6.45) is -0.102. The van der Waals surface area contributed by atoms with Crippen molar-refractivity contribution in [2.75, 3.05) is 19.4 Å². The Bertz CT molecular complexity index is 1220. The quantitative estimate of drug-likeness (QED) is 0.655. The number of anilines is 1. The summed E-state index contributed by atoms with van der Waals surface area (Å²) in [4.78, 5) is 24.2. The Balaban J connectivity index is 1.87. The Labute approximate surface area is 166 Å². The number of sulfonamides is 1. The highest BCUT2D eigenvalue weighted by atomic mass is 35.5. The summed E-state index contributed by atoms with van der Waals surface area (Å²) in [6, 6.07) is 11.0. The smallest absolute Gasteiger partial charge is 0.272 e. The van der Waals surface area contributed by atoms with Gasteiger partial charge in [-0.25, -0.2) is 17.8 Å². The highest BCUT2D eigenvalue weighted by Gasteiger charge is 2.21. The normalized spacial score (nSPS) is 11.7. The fraction of sp³-hybridized carbons (Fsp3) is 0.167. The summed E-state index contributed by atoms with van der Waals surface area (Å²) in [5.74, 6) is -0.416. The molecule has 0 unspecified atom stereocenters. The molecule has 8 nitrogen and oxygen atoms in total. The Morgan fingerprint density at radius 2 is 1.86 bits per heavy atom. The fourth-order valence-electron chi connectivity index (χ4n) is 2.64. The molecular weight excluding hydrogens is 404 g/mol. The van der Waals surface area contributed by atoms with E-state index in [1.807, 2.05) is 0 Å². The second-order valence-electron chi connectivity index (χ2n) is 6.20. The fourth-order valence-corrected chi connectivity index (χ4v) is 4.03. The molecule has 3 rings (SSSR count). The van der Waals surface area contributed by atoms with E-state index in [1.54, 1.807) is 24.3 Å². The summed E-state index contributed by atoms with van der Waals surface area (Å²) >= 11 is 6.01. The summed E-state index contributed by atoms with van der Waals surface area (Å²) in [6.45, 7) is 0. The number of fused-ring (bicyclic) bond motifs is 1. The number of amides is 1. The minimum atomic E-state index is -3.76. The van der Waals surface area contributed by atoms with Crippen molar-refractivity contribution in [2.24, 2.45) is 0 Å². The largest absolute Gasteiger partial charge is 0.326 e. The van der Waals surface area contributed by atoms with Crippen LogP contribution in [0.25, 0.3) is 10.8 Å². The number of aromatic amines is 1. The number of benzene rings is 2. The molecular formula is C18H17ClN4O4S. The van der Waals surface area contributed by atoms with E-state index in [2.05, 4.69) is 15.5 Å². The van der Waals surface area contributed by atoms with E-state index in [0.29, 0.717) is 16.5 Å². The molecule has 2 aromatic carbocycles. The van der Waals surface area contributed by atoms with Crippen molar-refractivity contribution >= 4 is 44.0 Å². The van der Waals surface area contributed by atoms with Gasteiger partial charge in [-0.3, -0.25) is 9.59 Å². The first-order valence-corrected chi connectivity index (χ1v) is 10.00. The number of carbonyl (C=O) groups is 1. The zero-order valence-electron chi connectivity index (χ0n) is 15.1. The first-order valence-electron chi connectivity index (χ1n) is 8.18. The van der Waals surface area contributed by atoms with Crippen LogP contribution in [-0.2, 0) is 21.2 Å². The number of hydrogen-bond acceptors (Lipinski definition) is 5. The van der Waals surface area contributed by atoms with Crippen LogP contribution in [0.5, 0.6) is 0 Å². The molecule has 0 aliphatic carbocycles. The highest BCUT2D eigenvalue weighted by molar-refractivity contribution is 7.89. The number of nitrogens with one attached hydrogen (secondary N) is 2. The predicted octanol–water partition coefficient (Wildman–Crippen LogP) is 2.01. The van der Waals surface area contributed by atoms with Gasteiger partial charge in [-0.05, 0) is 24.3 Å². The van der Waals surface area contributed by atoms with Crippen molar-refractivity contribution in [3.8, 4) is 0 Å². The van der Waals surface area contributed by atoms with Crippen LogP contribution in [0.3, 0.4) is 0 Å². The lowest BCUT2D eigenvalue weighted by atomic mass is 10.1. The molecule has 1 heterocycles. The minimum absolute atomic E-state index is 0.0556. The second-order valence-corrected chi connectivity index (χ2v) is 8.73. The van der Waals surface area contributed by atoms with Crippen molar-refractivity contribution in [2.45, 2.75) is 11.3 Å². The number of H-pyrrole nitrogens is 1. The van der Waals surface area contributed by atoms with Gasteiger partial charge in [0, 0.05) is 25.2 Å². The Kier molecular flexibility index (Phi) is 5.50. The lowest BCUT2D eigenvalue weighted by Crippen LogP contribution is -2.23. The zero-order valence-corrected chi connectivity index (χ0v) is 16.6. The predicted molar refractivity (Wildman–Crippen MR) is 107 cm³/mol. The average Bonchev–Trinajstić information content (AvgIpc) is 2.65. The maximum absolute atomic E-state index is 12.5. The van der Waals surface area contributed by atoms with E-state index >= 15 is 0 Å². The maximum atomic E-state index is 12.5. The van der Waals surface area contributed by atoms with Gasteiger partial charge in [-0.15, -0.1) is 0 Å². The number of hydrogen-bond donors (Lipinski definition) is 2. The van der Waals surface area contributed by atoms with E-state index in [1.165, 1.54) is 32.3 Å². The molecule has 3 aromatic rings. The summed E-state index contributed by atoms with van der Waals surface area (Å²) in [7, 11) is -0.975. The number of halogens is 1. The van der Waals surface area contributed by atoms with Crippen LogP contribution in [-0.4, -0.2) is 42.9 Å². The minimum Gasteiger partial charge on any atom is -0.326 e. The zero-order chi connectivity index (χ0) is 20.5. The van der Waals surface area contributed by atoms with Gasteiger partial charge in [0.05, 0.1) is 22.5 Å². The number of carbonyl (C=O) groups excluding carboxylic acids is 1. The molecule has 0 fully saturated rings. The third-order valence-corrected chi connectivity index (χ3v) is 6.37. The average molecular weight is 421 g/mol. The van der Waals surface area contributed by atoms with Crippen molar-refractivity contribution in [1.82, 2.24) is 14.5 Å². The van der Waals surface area contributed by atoms with Gasteiger partial charge in [0.15, 0.2) is 0 Å². The molecule has 2 N–H and O–H groups in total. The maximum Gasteiger partial charge on any atom is 0.272 e. The molecule has 0 saturated heterocycles. The van der Waals surface area contributed by atoms with Gasteiger partial charge in [0.25, 0.3) is 5.56 Å². The lowest BCUT2D eigenvalue weighted by Gasteiger charge is -2.14. The van der Waals surface area contributed by atoms with Crippen LogP contribution < -0.4 is 10.9 Å². The molecule has 0 atom stereocenters. The number of rotatable bonds is 5. The molecule has 0 saturated carbocycles. The van der Waals surface area contributed by atoms with Crippen LogP contribution in [0.1, 0.15) is 5.69 Å². The number of aromatic nitrogens is 2. The van der Waals surface area contributed by atoms with Crippen LogP contribution >= 0.6 is 11.6 Å². The van der Waals surface area contributed by atoms with Crippen molar-refractivity contribution in [3.63, 3.8) is 0 Å². The van der Waals surface area contributed by atoms with E-state index < -0.39 is 15.9 Å². The Morgan fingerprint density at radius 3 is 2.54 bits per heavy atom. The monoisotopic (exact) mass is 420 g/mol. The number of nitrogens with zero attached hydrogens (tertiary/aromatic N) is 2. The SMILES string of the molecule is CN(C)S(=O)(=O)c1cc(NC(=O)Cc2n[nH]c(=O)c3ccccc23)ccc1Cl. The molecule has 0 spiro atoms. The highest BCUT2D eigenvalue weighted by Crippen LogP contribution is 2.27. The molecule has 0 radical (unpaired) electrons. The summed E-state index contributed by atoms with van der Waals surface area (Å²) < 4.78 is 25.7. The molecule has 1 aromatic heterocycles. The van der Waals surface area contributed by atoms with Gasteiger partial charge < -0.3 is 5.32 Å². The van der Waals surface area contributed by atoms with E-state index in [0.717, 1.165) is 4.31 Å². The van der Waals surface area contributed by atoms with Gasteiger partial charge in [0.2, 0.25) is 15.9 Å². The Hall–Kier alpha value is -2.75. The second kappa shape index (κ2) is 7.70. The Morgan fingerprint density at radius 1 is 1.18 bits per heavy atom. The van der Waals surface area contributed by atoms with Crippen LogP contribution in [0.2, 0.25) is 5.02 Å². The first-order chi connectivity index (χ1) is 13.2. The van der Waals surface area contributed by atoms with E-state index in [4.69, 9.17) is 11.6 Å². The van der Waals surface area contributed by atoms with E-state index in [-0.39, 0.29) is 27.6 Å². The third kappa shape index (κ3) is 3.91. The van der Waals surface area contributed by atoms with Crippen LogP contribution in [0, 0.1) is 0 Å². The topological polar surface area (TPSA) is 112 Å². The van der Waals surface area contributed by atoms with Gasteiger partial charge in [0.1, 0.15) is 4.90 Å². The molecule has 0 aliphatic heterocycles. The third-order valence-electron chi connectivity index (χ3n) is 4.08. The molecule has 0 aliphatic rings. The molecule has 0 bridgehead atoms. The first kappa shape index (κ1) is 20.0. The van der Waals surface area contributed by atoms with Gasteiger partial charge in [-0.1, -0.05) is 29.8 Å². The summed E-state index contributed by atoms with van der Waals surface area (Å²) in [5.41, 5.74) is 0.349. The van der Waals surface area contributed by atoms with Gasteiger partial charge in [-0.2, -0.15) is 5.10 Å². The summed E-state index contributed by atoms with van der Waals surface area (Å²) in [5, 5.41) is 10.0. The van der Waals surface area contributed by atoms with Crippen molar-refractivity contribution in [1.29, 1.82) is 0 Å². The standard InChI is InChI=1S/C18H17ClN4O4S/c1-23(2)28(26,27)16-9-11(7-8-14(16)19)20-17(24)10-15-12-5-3-4-6-13(12)18(25)22-21-15/h3-9H,10H2,1-2H3,(H,20,24)(H,22,25). The van der Waals surface area contributed by atoms with Crippen LogP contribution in [0.15, 0.2) is 52.2 Å². The molecule has 28 heavy (non-hydrogen) atoms. The lowest BCUT2D eigenvalue weighted by molar-refractivity contribution is -0.115. The molecule has 10 heteroatoms. The van der Waals surface area contributed by atoms with Crippen LogP contribution in [0.4, 0.5) is 5.69 Å². The van der Waals surface area contributed by atoms with Crippen molar-refractivity contribution in [3.05, 3.63) is 63.5 Å². The van der Waals surface area contributed by atoms with Crippen molar-refractivity contribution < 1.29 is 13.2 Å². The van der Waals surface area contributed by atoms with Gasteiger partial charge >= 0.3 is 0 Å². The molecule has 1 amide bonds. The molecule has 146 valence electrons.